The molecule has 0 atom stereocenters. The monoisotopic (exact) mass is 446 g/mol. The SMILES string of the molecule is CCNC(=O)Nc1ccc2nc(C)n(Cc3ccc(-c4cccc(Cl)c4)cc3)c(=O)c2c1. The first kappa shape index (κ1) is 21.6. The molecular formula is C25H23ClN4O2. The standard InChI is InChI=1S/C25H23ClN4O2/c1-3-27-25(32)29-21-11-12-23-22(14-21)24(31)30(16(2)28-23)15-17-7-9-18(10-8-17)19-5-4-6-20(26)13-19/h4-14H,3,15H2,1-2H3,(H2,27,29,32). The molecule has 1 heterocycles. The van der Waals surface area contributed by atoms with Crippen molar-refractivity contribution < 1.29 is 4.79 Å². The number of aromatic nitrogens is 2. The number of carbonyl (C=O) groups excluding carboxylic acids is 1. The number of rotatable bonds is 5. The van der Waals surface area contributed by atoms with E-state index in [0.717, 1.165) is 16.7 Å². The molecule has 0 bridgehead atoms. The number of urea groups is 1. The summed E-state index contributed by atoms with van der Waals surface area (Å²) in [6.45, 7) is 4.58. The van der Waals surface area contributed by atoms with Crippen molar-refractivity contribution in [3.63, 3.8) is 0 Å². The predicted molar refractivity (Wildman–Crippen MR) is 129 cm³/mol. The summed E-state index contributed by atoms with van der Waals surface area (Å²) in [5.74, 6) is 0.630. The number of fused-ring (bicyclic) bond motifs is 1. The van der Waals surface area contributed by atoms with E-state index < -0.39 is 0 Å². The number of nitrogens with zero attached hydrogens (tertiary/aromatic N) is 2. The highest BCUT2D eigenvalue weighted by Crippen LogP contribution is 2.23. The van der Waals surface area contributed by atoms with Crippen LogP contribution in [0.4, 0.5) is 10.5 Å². The van der Waals surface area contributed by atoms with Crippen molar-refractivity contribution in [3.8, 4) is 11.1 Å². The van der Waals surface area contributed by atoms with Gasteiger partial charge in [-0.2, -0.15) is 0 Å². The highest BCUT2D eigenvalue weighted by atomic mass is 35.5. The minimum absolute atomic E-state index is 0.147. The molecule has 32 heavy (non-hydrogen) atoms. The summed E-state index contributed by atoms with van der Waals surface area (Å²) < 4.78 is 1.65. The molecule has 0 unspecified atom stereocenters. The first-order valence-electron chi connectivity index (χ1n) is 10.4. The summed E-state index contributed by atoms with van der Waals surface area (Å²) in [6, 6.07) is 20.6. The van der Waals surface area contributed by atoms with Crippen molar-refractivity contribution in [1.82, 2.24) is 14.9 Å². The molecule has 4 aromatic rings. The van der Waals surface area contributed by atoms with E-state index in [0.29, 0.717) is 40.5 Å². The van der Waals surface area contributed by atoms with E-state index in [4.69, 9.17) is 11.6 Å². The average molecular weight is 447 g/mol. The van der Waals surface area contributed by atoms with E-state index in [-0.39, 0.29) is 11.6 Å². The van der Waals surface area contributed by atoms with E-state index in [2.05, 4.69) is 15.6 Å². The molecule has 1 aromatic heterocycles. The largest absolute Gasteiger partial charge is 0.338 e. The van der Waals surface area contributed by atoms with Gasteiger partial charge in [0.1, 0.15) is 5.82 Å². The van der Waals surface area contributed by atoms with Gasteiger partial charge in [0, 0.05) is 17.3 Å². The molecule has 162 valence electrons. The number of anilines is 1. The quantitative estimate of drug-likeness (QED) is 0.441. The Morgan fingerprint density at radius 3 is 2.53 bits per heavy atom. The lowest BCUT2D eigenvalue weighted by atomic mass is 10.0. The Morgan fingerprint density at radius 2 is 1.81 bits per heavy atom. The lowest BCUT2D eigenvalue weighted by Gasteiger charge is -2.13. The molecular weight excluding hydrogens is 424 g/mol. The third-order valence-electron chi connectivity index (χ3n) is 5.19. The fraction of sp³-hybridized carbons (Fsp3) is 0.160. The van der Waals surface area contributed by atoms with Gasteiger partial charge in [-0.1, -0.05) is 48.0 Å². The van der Waals surface area contributed by atoms with Gasteiger partial charge in [-0.25, -0.2) is 9.78 Å². The first-order valence-corrected chi connectivity index (χ1v) is 10.7. The van der Waals surface area contributed by atoms with Crippen LogP contribution in [0.25, 0.3) is 22.0 Å². The second-order valence-corrected chi connectivity index (χ2v) is 7.91. The Kier molecular flexibility index (Phi) is 6.23. The number of benzene rings is 3. The highest BCUT2D eigenvalue weighted by Gasteiger charge is 2.11. The van der Waals surface area contributed by atoms with Crippen LogP contribution in [0.1, 0.15) is 18.3 Å². The van der Waals surface area contributed by atoms with Crippen molar-refractivity contribution in [1.29, 1.82) is 0 Å². The lowest BCUT2D eigenvalue weighted by molar-refractivity contribution is 0.252. The second-order valence-electron chi connectivity index (χ2n) is 7.47. The van der Waals surface area contributed by atoms with Gasteiger partial charge < -0.3 is 10.6 Å². The van der Waals surface area contributed by atoms with Crippen LogP contribution in [-0.4, -0.2) is 22.1 Å². The van der Waals surface area contributed by atoms with Gasteiger partial charge in [0.25, 0.3) is 5.56 Å². The van der Waals surface area contributed by atoms with E-state index in [1.54, 1.807) is 22.8 Å². The Balaban J connectivity index is 1.63. The number of amides is 2. The number of aryl methyl sites for hydroxylation is 1. The Labute approximate surface area is 190 Å². The van der Waals surface area contributed by atoms with Gasteiger partial charge in [-0.05, 0) is 60.9 Å². The van der Waals surface area contributed by atoms with Crippen molar-refractivity contribution in [3.05, 3.63) is 93.5 Å². The third kappa shape index (κ3) is 4.65. The van der Waals surface area contributed by atoms with Gasteiger partial charge in [-0.15, -0.1) is 0 Å². The Hall–Kier alpha value is -3.64. The molecule has 6 nitrogen and oxygen atoms in total. The number of carbonyl (C=O) groups is 1. The van der Waals surface area contributed by atoms with Crippen molar-refractivity contribution in [2.45, 2.75) is 20.4 Å². The lowest BCUT2D eigenvalue weighted by Crippen LogP contribution is -2.28. The summed E-state index contributed by atoms with van der Waals surface area (Å²) in [5, 5.41) is 6.56. The molecule has 0 aliphatic carbocycles. The van der Waals surface area contributed by atoms with E-state index >= 15 is 0 Å². The summed E-state index contributed by atoms with van der Waals surface area (Å²) in [6.07, 6.45) is 0. The zero-order chi connectivity index (χ0) is 22.7. The molecule has 0 saturated heterocycles. The molecule has 0 fully saturated rings. The fourth-order valence-corrected chi connectivity index (χ4v) is 3.78. The summed E-state index contributed by atoms with van der Waals surface area (Å²) >= 11 is 6.10. The number of hydrogen-bond donors (Lipinski definition) is 2. The average Bonchev–Trinajstić information content (AvgIpc) is 2.78. The van der Waals surface area contributed by atoms with Crippen LogP contribution in [0.2, 0.25) is 5.02 Å². The maximum atomic E-state index is 13.2. The molecule has 0 aliphatic heterocycles. The predicted octanol–water partition coefficient (Wildman–Crippen LogP) is 5.22. The first-order chi connectivity index (χ1) is 15.4. The third-order valence-corrected chi connectivity index (χ3v) is 5.43. The minimum Gasteiger partial charge on any atom is -0.338 e. The zero-order valence-corrected chi connectivity index (χ0v) is 18.6. The molecule has 0 spiro atoms. The maximum absolute atomic E-state index is 13.2. The number of nitrogens with one attached hydrogen (secondary N) is 2. The van der Waals surface area contributed by atoms with Crippen LogP contribution < -0.4 is 16.2 Å². The Bertz CT molecular complexity index is 1350. The maximum Gasteiger partial charge on any atom is 0.319 e. The van der Waals surface area contributed by atoms with Gasteiger partial charge in [-0.3, -0.25) is 9.36 Å². The van der Waals surface area contributed by atoms with E-state index in [1.165, 1.54) is 0 Å². The second kappa shape index (κ2) is 9.24. The van der Waals surface area contributed by atoms with Crippen molar-refractivity contribution in [2.75, 3.05) is 11.9 Å². The topological polar surface area (TPSA) is 76.0 Å². The molecule has 3 aromatic carbocycles. The highest BCUT2D eigenvalue weighted by molar-refractivity contribution is 6.30. The van der Waals surface area contributed by atoms with Crippen LogP contribution in [0.5, 0.6) is 0 Å². The summed E-state index contributed by atoms with van der Waals surface area (Å²) in [5.41, 5.74) is 4.07. The number of hydrogen-bond acceptors (Lipinski definition) is 3. The smallest absolute Gasteiger partial charge is 0.319 e. The molecule has 0 aliphatic rings. The summed E-state index contributed by atoms with van der Waals surface area (Å²) in [7, 11) is 0. The molecule has 2 amide bonds. The van der Waals surface area contributed by atoms with Gasteiger partial charge in [0.05, 0.1) is 17.4 Å². The molecule has 0 radical (unpaired) electrons. The van der Waals surface area contributed by atoms with Crippen molar-refractivity contribution in [2.24, 2.45) is 0 Å². The van der Waals surface area contributed by atoms with Crippen molar-refractivity contribution >= 4 is 34.2 Å². The normalized spacial score (nSPS) is 10.8. The van der Waals surface area contributed by atoms with Crippen LogP contribution in [0.15, 0.2) is 71.5 Å². The molecule has 2 N–H and O–H groups in total. The van der Waals surface area contributed by atoms with Crippen LogP contribution in [-0.2, 0) is 6.54 Å². The van der Waals surface area contributed by atoms with E-state index in [9.17, 15) is 9.59 Å². The Morgan fingerprint density at radius 1 is 1.03 bits per heavy atom. The fourth-order valence-electron chi connectivity index (χ4n) is 3.58. The summed E-state index contributed by atoms with van der Waals surface area (Å²) in [4.78, 5) is 29.6. The molecule has 4 rings (SSSR count). The molecule has 7 heteroatoms. The van der Waals surface area contributed by atoms with Crippen LogP contribution in [0, 0.1) is 6.92 Å². The van der Waals surface area contributed by atoms with Gasteiger partial charge >= 0.3 is 6.03 Å². The van der Waals surface area contributed by atoms with Crippen LogP contribution in [0.3, 0.4) is 0 Å². The zero-order valence-electron chi connectivity index (χ0n) is 17.9. The minimum atomic E-state index is -0.313. The number of halogens is 1. The molecule has 0 saturated carbocycles. The van der Waals surface area contributed by atoms with Gasteiger partial charge in [0.2, 0.25) is 0 Å². The van der Waals surface area contributed by atoms with Crippen LogP contribution >= 0.6 is 11.6 Å². The van der Waals surface area contributed by atoms with Gasteiger partial charge in [0.15, 0.2) is 0 Å². The van der Waals surface area contributed by atoms with E-state index in [1.807, 2.05) is 62.4 Å².